The van der Waals surface area contributed by atoms with E-state index >= 15 is 0 Å². The molecule has 0 radical (unpaired) electrons. The SMILES string of the molecule is C#CCSC1=C(C(=O)[O-])N2C(=O)[C@@H](NC(=O)/C(=N\OC)c3csc(N)n3)[C@@H]2SC1.[Na+]. The van der Waals surface area contributed by atoms with Crippen LogP contribution in [-0.2, 0) is 19.2 Å². The van der Waals surface area contributed by atoms with Crippen LogP contribution in [0.3, 0.4) is 0 Å². The zero-order valence-corrected chi connectivity index (χ0v) is 20.4. The molecule has 2 aliphatic heterocycles. The molecule has 1 saturated heterocycles. The van der Waals surface area contributed by atoms with Crippen molar-refractivity contribution in [3.8, 4) is 12.3 Å². The minimum Gasteiger partial charge on any atom is -0.543 e. The standard InChI is InChI=1S/C16H15N5O5S3.Na/c1-3-4-27-8-6-28-14-10(13(23)21(14)11(8)15(24)25)19-12(22)9(20-26-2)7-5-29-16(17)18-7;/h1,5,10,14H,4,6H2,2H3,(H2,17,18)(H,19,22)(H,24,25);/q;+1/p-1/b20-9-;/t10-,14+;/m1./s1. The number of thioether (sulfide) groups is 2. The quantitative estimate of drug-likeness (QED) is 0.132. The number of oxime groups is 1. The number of carboxylic acids is 1. The van der Waals surface area contributed by atoms with Crippen molar-refractivity contribution in [2.75, 3.05) is 24.3 Å². The number of nitrogen functional groups attached to an aromatic ring is 1. The molecule has 2 aliphatic rings. The second kappa shape index (κ2) is 10.6. The van der Waals surface area contributed by atoms with E-state index in [1.807, 2.05) is 0 Å². The van der Waals surface area contributed by atoms with Crippen LogP contribution in [0, 0.1) is 12.3 Å². The second-order valence-corrected chi connectivity index (χ2v) is 8.67. The Hall–Kier alpha value is -1.69. The van der Waals surface area contributed by atoms with Crippen molar-refractivity contribution < 1.29 is 53.9 Å². The van der Waals surface area contributed by atoms with Gasteiger partial charge in [-0.05, 0) is 0 Å². The topological polar surface area (TPSA) is 150 Å². The molecule has 3 heterocycles. The molecular weight excluding hydrogens is 461 g/mol. The molecule has 0 unspecified atom stereocenters. The van der Waals surface area contributed by atoms with Gasteiger partial charge in [-0.25, -0.2) is 4.98 Å². The molecule has 1 aromatic rings. The molecule has 0 saturated carbocycles. The fourth-order valence-electron chi connectivity index (χ4n) is 2.72. The van der Waals surface area contributed by atoms with Crippen molar-refractivity contribution in [2.24, 2.45) is 5.16 Å². The summed E-state index contributed by atoms with van der Waals surface area (Å²) in [6, 6.07) is -0.931. The molecule has 3 N–H and O–H groups in total. The average molecular weight is 476 g/mol. The molecule has 2 amide bonds. The number of hydrogen-bond acceptors (Lipinski definition) is 11. The number of hydrogen-bond donors (Lipinski definition) is 2. The molecule has 1 aromatic heterocycles. The smallest absolute Gasteiger partial charge is 0.543 e. The zero-order chi connectivity index (χ0) is 21.1. The van der Waals surface area contributed by atoms with Crippen molar-refractivity contribution in [2.45, 2.75) is 11.4 Å². The number of rotatable bonds is 7. The largest absolute Gasteiger partial charge is 1.00 e. The van der Waals surface area contributed by atoms with E-state index in [1.54, 1.807) is 0 Å². The van der Waals surface area contributed by atoms with Gasteiger partial charge in [0.05, 0.1) is 17.4 Å². The maximum Gasteiger partial charge on any atom is 1.00 e. The third-order valence-corrected chi connectivity index (χ3v) is 7.04. The first-order valence-electron chi connectivity index (χ1n) is 7.97. The van der Waals surface area contributed by atoms with Crippen molar-refractivity contribution in [1.29, 1.82) is 0 Å². The summed E-state index contributed by atoms with van der Waals surface area (Å²) in [5.74, 6) is 0.291. The Bertz CT molecular complexity index is 973. The number of carbonyl (C=O) groups excluding carboxylic acids is 3. The Morgan fingerprint density at radius 1 is 1.60 bits per heavy atom. The van der Waals surface area contributed by atoms with Gasteiger partial charge >= 0.3 is 29.6 Å². The summed E-state index contributed by atoms with van der Waals surface area (Å²) < 4.78 is 0. The maximum absolute atomic E-state index is 12.6. The molecule has 0 spiro atoms. The summed E-state index contributed by atoms with van der Waals surface area (Å²) in [6.07, 6.45) is 5.22. The predicted molar refractivity (Wildman–Crippen MR) is 108 cm³/mol. The number of terminal acetylenes is 1. The van der Waals surface area contributed by atoms with E-state index in [4.69, 9.17) is 17.0 Å². The number of amides is 2. The van der Waals surface area contributed by atoms with Crippen LogP contribution in [0.25, 0.3) is 0 Å². The van der Waals surface area contributed by atoms with Crippen LogP contribution in [0.1, 0.15) is 5.69 Å². The molecule has 3 rings (SSSR count). The van der Waals surface area contributed by atoms with E-state index in [9.17, 15) is 19.5 Å². The number of carbonyl (C=O) groups is 3. The Kier molecular flexibility index (Phi) is 8.65. The molecular formula is C16H14N5NaO5S3. The van der Waals surface area contributed by atoms with Gasteiger partial charge in [0.1, 0.15) is 24.2 Å². The molecule has 0 bridgehead atoms. The van der Waals surface area contributed by atoms with E-state index in [0.717, 1.165) is 16.2 Å². The Morgan fingerprint density at radius 3 is 2.90 bits per heavy atom. The Labute approximate surface area is 206 Å². The van der Waals surface area contributed by atoms with Crippen LogP contribution in [0.4, 0.5) is 5.13 Å². The fraction of sp³-hybridized carbons (Fsp3) is 0.312. The van der Waals surface area contributed by atoms with Crippen molar-refractivity contribution in [3.05, 3.63) is 21.7 Å². The minimum atomic E-state index is -1.47. The van der Waals surface area contributed by atoms with Crippen LogP contribution in [0.2, 0.25) is 0 Å². The Morgan fingerprint density at radius 2 is 2.33 bits per heavy atom. The molecule has 0 aromatic carbocycles. The number of nitrogens with one attached hydrogen (secondary N) is 1. The van der Waals surface area contributed by atoms with E-state index in [-0.39, 0.29) is 57.5 Å². The van der Waals surface area contributed by atoms with Crippen LogP contribution in [0.15, 0.2) is 21.1 Å². The molecule has 152 valence electrons. The summed E-state index contributed by atoms with van der Waals surface area (Å²) in [4.78, 5) is 47.1. The van der Waals surface area contributed by atoms with E-state index in [2.05, 4.69) is 21.4 Å². The predicted octanol–water partition coefficient (Wildman–Crippen LogP) is -4.19. The number of anilines is 1. The monoisotopic (exact) mass is 475 g/mol. The fourth-order valence-corrected chi connectivity index (χ4v) is 5.58. The van der Waals surface area contributed by atoms with Gasteiger partial charge in [-0.2, -0.15) is 0 Å². The number of nitrogens with two attached hydrogens (primary N) is 1. The molecule has 1 fully saturated rings. The number of thiazole rings is 1. The zero-order valence-electron chi connectivity index (χ0n) is 15.9. The number of fused-ring (bicyclic) bond motifs is 1. The van der Waals surface area contributed by atoms with Crippen LogP contribution in [-0.4, -0.2) is 63.4 Å². The van der Waals surface area contributed by atoms with Crippen LogP contribution < -0.4 is 45.7 Å². The van der Waals surface area contributed by atoms with Gasteiger partial charge in [0.15, 0.2) is 10.8 Å². The summed E-state index contributed by atoms with van der Waals surface area (Å²) >= 11 is 3.61. The van der Waals surface area contributed by atoms with Gasteiger partial charge in [-0.3, -0.25) is 14.5 Å². The third-order valence-electron chi connectivity index (χ3n) is 3.91. The maximum atomic E-state index is 12.6. The van der Waals surface area contributed by atoms with Crippen molar-refractivity contribution >= 4 is 63.5 Å². The number of nitrogens with zero attached hydrogens (tertiary/aromatic N) is 3. The summed E-state index contributed by atoms with van der Waals surface area (Å²) in [5.41, 5.74) is 5.44. The van der Waals surface area contributed by atoms with Gasteiger partial charge in [0, 0.05) is 16.0 Å². The first-order valence-corrected chi connectivity index (χ1v) is 10.9. The number of aliphatic carboxylic acids is 1. The first kappa shape index (κ1) is 24.6. The van der Waals surface area contributed by atoms with Gasteiger partial charge in [-0.15, -0.1) is 41.3 Å². The number of β-lactam (4-membered cyclic amide) rings is 1. The van der Waals surface area contributed by atoms with Gasteiger partial charge in [0.25, 0.3) is 11.8 Å². The van der Waals surface area contributed by atoms with E-state index < -0.39 is 29.2 Å². The minimum absolute atomic E-state index is 0. The molecule has 10 nitrogen and oxygen atoms in total. The van der Waals surface area contributed by atoms with Gasteiger partial charge in [-0.1, -0.05) is 11.1 Å². The molecule has 30 heavy (non-hydrogen) atoms. The average Bonchev–Trinajstić information content (AvgIpc) is 3.13. The van der Waals surface area contributed by atoms with Gasteiger partial charge in [0.2, 0.25) is 0 Å². The van der Waals surface area contributed by atoms with Crippen molar-refractivity contribution in [1.82, 2.24) is 15.2 Å². The van der Waals surface area contributed by atoms with Crippen LogP contribution >= 0.6 is 34.9 Å². The molecule has 14 heteroatoms. The van der Waals surface area contributed by atoms with E-state index in [1.165, 1.54) is 36.0 Å². The van der Waals surface area contributed by atoms with E-state index in [0.29, 0.717) is 10.7 Å². The summed E-state index contributed by atoms with van der Waals surface area (Å²) in [6.45, 7) is 0. The van der Waals surface area contributed by atoms with Gasteiger partial charge < -0.3 is 25.8 Å². The summed E-state index contributed by atoms with van der Waals surface area (Å²) in [5, 5.41) is 19.0. The van der Waals surface area contributed by atoms with Crippen molar-refractivity contribution in [3.63, 3.8) is 0 Å². The second-order valence-electron chi connectivity index (χ2n) is 5.61. The normalized spacial score (nSPS) is 20.5. The number of carboxylic acid groups (broad SMARTS) is 1. The van der Waals surface area contributed by atoms with Crippen LogP contribution in [0.5, 0.6) is 0 Å². The summed E-state index contributed by atoms with van der Waals surface area (Å²) in [7, 11) is 1.27. The molecule has 2 atom stereocenters. The first-order chi connectivity index (χ1) is 13.9. The Balaban J connectivity index is 0.00000320. The number of aromatic nitrogens is 1. The molecule has 0 aliphatic carbocycles. The third kappa shape index (κ3) is 4.79.